The standard InChI is InChI=1S/C13H14FN5OS2/c14-9-7-16-13(18-11(9)19-4-1-2-5-19)22-8-10(20)17-12-15-3-6-21-12/h3,6-7H,1-2,4-5,8H2,(H,15,17,20). The van der Waals surface area contributed by atoms with Crippen molar-refractivity contribution in [2.75, 3.05) is 29.1 Å². The van der Waals surface area contributed by atoms with Crippen LogP contribution in [0, 0.1) is 5.82 Å². The lowest BCUT2D eigenvalue weighted by Gasteiger charge is -2.17. The Balaban J connectivity index is 1.60. The molecule has 6 nitrogen and oxygen atoms in total. The van der Waals surface area contributed by atoms with Crippen molar-refractivity contribution >= 4 is 40.0 Å². The highest BCUT2D eigenvalue weighted by Gasteiger charge is 2.19. The van der Waals surface area contributed by atoms with E-state index in [0.29, 0.717) is 16.1 Å². The summed E-state index contributed by atoms with van der Waals surface area (Å²) in [5, 5.41) is 5.43. The molecule has 0 aromatic carbocycles. The van der Waals surface area contributed by atoms with Crippen LogP contribution in [0.1, 0.15) is 12.8 Å². The van der Waals surface area contributed by atoms with E-state index in [9.17, 15) is 9.18 Å². The van der Waals surface area contributed by atoms with E-state index in [0.717, 1.165) is 25.9 Å². The molecule has 3 heterocycles. The van der Waals surface area contributed by atoms with Gasteiger partial charge in [-0.3, -0.25) is 4.79 Å². The third-order valence-corrected chi connectivity index (χ3v) is 4.67. The number of hydrogen-bond donors (Lipinski definition) is 1. The molecule has 1 amide bonds. The van der Waals surface area contributed by atoms with Gasteiger partial charge in [-0.25, -0.2) is 19.3 Å². The van der Waals surface area contributed by atoms with E-state index in [-0.39, 0.29) is 11.7 Å². The summed E-state index contributed by atoms with van der Waals surface area (Å²) in [6.07, 6.45) is 4.88. The summed E-state index contributed by atoms with van der Waals surface area (Å²) in [4.78, 5) is 25.8. The Labute approximate surface area is 135 Å². The molecule has 2 aromatic heterocycles. The van der Waals surface area contributed by atoms with Gasteiger partial charge in [-0.05, 0) is 12.8 Å². The van der Waals surface area contributed by atoms with Gasteiger partial charge >= 0.3 is 0 Å². The van der Waals surface area contributed by atoms with Gasteiger partial charge in [0.1, 0.15) is 0 Å². The van der Waals surface area contributed by atoms with Gasteiger partial charge in [0, 0.05) is 24.7 Å². The molecule has 0 bridgehead atoms. The van der Waals surface area contributed by atoms with Gasteiger partial charge in [-0.2, -0.15) is 0 Å². The molecule has 22 heavy (non-hydrogen) atoms. The molecule has 1 fully saturated rings. The number of nitrogens with zero attached hydrogens (tertiary/aromatic N) is 4. The first-order valence-corrected chi connectivity index (χ1v) is 8.68. The number of thioether (sulfide) groups is 1. The predicted molar refractivity (Wildman–Crippen MR) is 84.9 cm³/mol. The summed E-state index contributed by atoms with van der Waals surface area (Å²) in [7, 11) is 0. The van der Waals surface area contributed by atoms with Gasteiger partial charge in [-0.1, -0.05) is 11.8 Å². The number of anilines is 2. The van der Waals surface area contributed by atoms with Crippen LogP contribution in [-0.4, -0.2) is 39.7 Å². The second kappa shape index (κ2) is 7.01. The van der Waals surface area contributed by atoms with Gasteiger partial charge in [-0.15, -0.1) is 11.3 Å². The number of carbonyl (C=O) groups is 1. The molecule has 1 aliphatic rings. The number of rotatable bonds is 5. The Bertz CT molecular complexity index is 646. The van der Waals surface area contributed by atoms with E-state index in [4.69, 9.17) is 0 Å². The molecule has 3 rings (SSSR count). The van der Waals surface area contributed by atoms with Crippen molar-refractivity contribution in [2.24, 2.45) is 0 Å². The first-order valence-electron chi connectivity index (χ1n) is 6.82. The van der Waals surface area contributed by atoms with E-state index >= 15 is 0 Å². The molecule has 0 atom stereocenters. The molecule has 0 aliphatic carbocycles. The Morgan fingerprint density at radius 2 is 2.23 bits per heavy atom. The maximum atomic E-state index is 13.8. The van der Waals surface area contributed by atoms with Gasteiger partial charge in [0.05, 0.1) is 11.9 Å². The topological polar surface area (TPSA) is 71.0 Å². The predicted octanol–water partition coefficient (Wildman–Crippen LogP) is 2.40. The third-order valence-electron chi connectivity index (χ3n) is 3.12. The summed E-state index contributed by atoms with van der Waals surface area (Å²) in [5.41, 5.74) is 0. The van der Waals surface area contributed by atoms with Crippen molar-refractivity contribution in [3.63, 3.8) is 0 Å². The summed E-state index contributed by atoms with van der Waals surface area (Å²) < 4.78 is 13.8. The van der Waals surface area contributed by atoms with E-state index < -0.39 is 5.82 Å². The summed E-state index contributed by atoms with van der Waals surface area (Å²) in [6, 6.07) is 0. The highest BCUT2D eigenvalue weighted by Crippen LogP contribution is 2.24. The summed E-state index contributed by atoms with van der Waals surface area (Å²) in [5.74, 6) is -0.116. The lowest BCUT2D eigenvalue weighted by atomic mass is 10.4. The quantitative estimate of drug-likeness (QED) is 0.666. The van der Waals surface area contributed by atoms with Crippen molar-refractivity contribution in [1.82, 2.24) is 15.0 Å². The second-order valence-corrected chi connectivity index (χ2v) is 6.53. The number of aromatic nitrogens is 3. The minimum absolute atomic E-state index is 0.157. The van der Waals surface area contributed by atoms with Crippen molar-refractivity contribution in [3.05, 3.63) is 23.6 Å². The van der Waals surface area contributed by atoms with Crippen molar-refractivity contribution in [3.8, 4) is 0 Å². The molecular formula is C13H14FN5OS2. The minimum atomic E-state index is -0.418. The van der Waals surface area contributed by atoms with Crippen LogP contribution in [0.15, 0.2) is 22.9 Å². The minimum Gasteiger partial charge on any atom is -0.354 e. The number of halogens is 1. The molecule has 116 valence electrons. The summed E-state index contributed by atoms with van der Waals surface area (Å²) >= 11 is 2.54. The molecular weight excluding hydrogens is 325 g/mol. The second-order valence-electron chi connectivity index (χ2n) is 4.69. The zero-order valence-electron chi connectivity index (χ0n) is 11.7. The fourth-order valence-corrected chi connectivity index (χ4v) is 3.29. The highest BCUT2D eigenvalue weighted by atomic mass is 32.2. The molecule has 0 saturated carbocycles. The van der Waals surface area contributed by atoms with Gasteiger partial charge < -0.3 is 10.2 Å². The van der Waals surface area contributed by atoms with Gasteiger partial charge in [0.15, 0.2) is 21.9 Å². The Kier molecular flexibility index (Phi) is 4.84. The van der Waals surface area contributed by atoms with Gasteiger partial charge in [0.2, 0.25) is 5.91 Å². The molecule has 2 aromatic rings. The third kappa shape index (κ3) is 3.72. The van der Waals surface area contributed by atoms with Gasteiger partial charge in [0.25, 0.3) is 0 Å². The zero-order valence-corrected chi connectivity index (χ0v) is 13.3. The van der Waals surface area contributed by atoms with Crippen LogP contribution in [-0.2, 0) is 4.79 Å². The Morgan fingerprint density at radius 1 is 1.41 bits per heavy atom. The molecule has 1 N–H and O–H groups in total. The van der Waals surface area contributed by atoms with Crippen LogP contribution in [0.25, 0.3) is 0 Å². The van der Waals surface area contributed by atoms with Crippen LogP contribution in [0.2, 0.25) is 0 Å². The first-order chi connectivity index (χ1) is 10.7. The van der Waals surface area contributed by atoms with Crippen LogP contribution < -0.4 is 10.2 Å². The average molecular weight is 339 g/mol. The summed E-state index contributed by atoms with van der Waals surface area (Å²) in [6.45, 7) is 1.62. The Morgan fingerprint density at radius 3 is 2.95 bits per heavy atom. The highest BCUT2D eigenvalue weighted by molar-refractivity contribution is 7.99. The van der Waals surface area contributed by atoms with Crippen molar-refractivity contribution < 1.29 is 9.18 Å². The smallest absolute Gasteiger partial charge is 0.236 e. The number of nitrogens with one attached hydrogen (secondary N) is 1. The van der Waals surface area contributed by atoms with E-state index in [1.165, 1.54) is 29.3 Å². The van der Waals surface area contributed by atoms with Crippen molar-refractivity contribution in [2.45, 2.75) is 18.0 Å². The zero-order chi connectivity index (χ0) is 15.4. The SMILES string of the molecule is O=C(CSc1ncc(F)c(N2CCCC2)n1)Nc1nccs1. The molecule has 0 unspecified atom stereocenters. The van der Waals surface area contributed by atoms with E-state index in [1.54, 1.807) is 11.6 Å². The molecule has 0 spiro atoms. The van der Waals surface area contributed by atoms with Crippen LogP contribution >= 0.6 is 23.1 Å². The fourth-order valence-electron chi connectivity index (χ4n) is 2.13. The number of amides is 1. The lowest BCUT2D eigenvalue weighted by Crippen LogP contribution is -2.21. The molecule has 0 radical (unpaired) electrons. The number of hydrogen-bond acceptors (Lipinski definition) is 7. The van der Waals surface area contributed by atoms with Crippen molar-refractivity contribution in [1.29, 1.82) is 0 Å². The normalized spacial score (nSPS) is 14.3. The van der Waals surface area contributed by atoms with Crippen LogP contribution in [0.4, 0.5) is 15.3 Å². The van der Waals surface area contributed by atoms with E-state index in [1.807, 2.05) is 4.90 Å². The van der Waals surface area contributed by atoms with E-state index in [2.05, 4.69) is 20.3 Å². The maximum Gasteiger partial charge on any atom is 0.236 e. The molecule has 1 saturated heterocycles. The number of thiazole rings is 1. The number of carbonyl (C=O) groups excluding carboxylic acids is 1. The fraction of sp³-hybridized carbons (Fsp3) is 0.385. The van der Waals surface area contributed by atoms with Crippen LogP contribution in [0.3, 0.4) is 0 Å². The average Bonchev–Trinajstić information content (AvgIpc) is 3.19. The maximum absolute atomic E-state index is 13.8. The lowest BCUT2D eigenvalue weighted by molar-refractivity contribution is -0.113. The largest absolute Gasteiger partial charge is 0.354 e. The monoisotopic (exact) mass is 339 g/mol. The molecule has 1 aliphatic heterocycles. The Hall–Kier alpha value is -1.74. The first kappa shape index (κ1) is 15.2. The van der Waals surface area contributed by atoms with Crippen LogP contribution in [0.5, 0.6) is 0 Å². The molecule has 9 heteroatoms.